The lowest BCUT2D eigenvalue weighted by Crippen LogP contribution is -2.35. The van der Waals surface area contributed by atoms with Gasteiger partial charge in [0, 0.05) is 0 Å². The molecule has 2 N–H and O–H groups in total. The number of hydrogen-bond donors (Lipinski definition) is 1. The van der Waals surface area contributed by atoms with Crippen molar-refractivity contribution >= 4 is 11.8 Å². The van der Waals surface area contributed by atoms with Crippen LogP contribution in [0.3, 0.4) is 0 Å². The molecule has 1 heterocycles. The second kappa shape index (κ2) is 7.58. The van der Waals surface area contributed by atoms with Gasteiger partial charge in [0.25, 0.3) is 11.8 Å². The van der Waals surface area contributed by atoms with Crippen molar-refractivity contribution in [2.75, 3.05) is 20.3 Å². The van der Waals surface area contributed by atoms with Crippen molar-refractivity contribution in [3.63, 3.8) is 0 Å². The third kappa shape index (κ3) is 3.04. The molecule has 0 bridgehead atoms. The van der Waals surface area contributed by atoms with E-state index in [1.54, 1.807) is 37.4 Å². The lowest BCUT2D eigenvalue weighted by Gasteiger charge is -2.27. The molecule has 0 saturated heterocycles. The molecule has 6 nitrogen and oxygen atoms in total. The molecular weight excluding hydrogens is 332 g/mol. The molecule has 1 atom stereocenters. The molecule has 1 unspecified atom stereocenters. The predicted molar refractivity (Wildman–Crippen MR) is 97.5 cm³/mol. The van der Waals surface area contributed by atoms with Crippen LogP contribution in [0.4, 0.5) is 0 Å². The summed E-state index contributed by atoms with van der Waals surface area (Å²) in [5.41, 5.74) is 7.42. The molecule has 0 fully saturated rings. The monoisotopic (exact) mass is 354 g/mol. The maximum absolute atomic E-state index is 12.8. The minimum absolute atomic E-state index is 0.294. The summed E-state index contributed by atoms with van der Waals surface area (Å²) in [6.07, 6.45) is 0.462. The first-order chi connectivity index (χ1) is 12.6. The molecule has 0 aliphatic carbocycles. The number of benzene rings is 2. The molecule has 136 valence electrons. The highest BCUT2D eigenvalue weighted by Gasteiger charge is 2.40. The van der Waals surface area contributed by atoms with Gasteiger partial charge in [-0.3, -0.25) is 14.5 Å². The minimum Gasteiger partial charge on any atom is -0.493 e. The quantitative estimate of drug-likeness (QED) is 0.773. The van der Waals surface area contributed by atoms with Gasteiger partial charge in [-0.2, -0.15) is 0 Å². The van der Waals surface area contributed by atoms with Gasteiger partial charge in [-0.25, -0.2) is 0 Å². The van der Waals surface area contributed by atoms with Gasteiger partial charge in [0.15, 0.2) is 11.5 Å². The first kappa shape index (κ1) is 17.9. The van der Waals surface area contributed by atoms with Crippen LogP contribution in [0.2, 0.25) is 0 Å². The van der Waals surface area contributed by atoms with E-state index in [4.69, 9.17) is 15.2 Å². The standard InChI is InChI=1S/C20H22N2O4/c1-3-26-18-12-13(8-9-17(18)25-2)16(10-11-21)22-19(23)14-6-4-5-7-15(14)20(22)24/h4-9,12,16H,3,10-11,21H2,1-2H3. The summed E-state index contributed by atoms with van der Waals surface area (Å²) in [6, 6.07) is 11.8. The van der Waals surface area contributed by atoms with Gasteiger partial charge in [0.2, 0.25) is 0 Å². The van der Waals surface area contributed by atoms with Gasteiger partial charge in [0.1, 0.15) is 0 Å². The summed E-state index contributed by atoms with van der Waals surface area (Å²) in [4.78, 5) is 27.0. The van der Waals surface area contributed by atoms with Crippen LogP contribution >= 0.6 is 0 Å². The average Bonchev–Trinajstić information content (AvgIpc) is 2.91. The number of fused-ring (bicyclic) bond motifs is 1. The van der Waals surface area contributed by atoms with Crippen molar-refractivity contribution in [1.29, 1.82) is 0 Å². The molecule has 3 rings (SSSR count). The molecule has 0 radical (unpaired) electrons. The Morgan fingerprint density at radius 3 is 2.23 bits per heavy atom. The number of carbonyl (C=O) groups excluding carboxylic acids is 2. The Labute approximate surface area is 152 Å². The predicted octanol–water partition coefficient (Wildman–Crippen LogP) is 2.78. The van der Waals surface area contributed by atoms with E-state index >= 15 is 0 Å². The normalized spacial score (nSPS) is 14.3. The number of amides is 2. The largest absolute Gasteiger partial charge is 0.493 e. The van der Waals surface area contributed by atoms with Gasteiger partial charge >= 0.3 is 0 Å². The topological polar surface area (TPSA) is 81.9 Å². The van der Waals surface area contributed by atoms with Crippen LogP contribution in [0.15, 0.2) is 42.5 Å². The highest BCUT2D eigenvalue weighted by molar-refractivity contribution is 6.21. The number of ether oxygens (including phenoxy) is 2. The minimum atomic E-state index is -0.461. The fourth-order valence-corrected chi connectivity index (χ4v) is 3.26. The average molecular weight is 354 g/mol. The summed E-state index contributed by atoms with van der Waals surface area (Å²) >= 11 is 0. The smallest absolute Gasteiger partial charge is 0.262 e. The van der Waals surface area contributed by atoms with Crippen LogP contribution in [0.25, 0.3) is 0 Å². The van der Waals surface area contributed by atoms with E-state index in [-0.39, 0.29) is 11.8 Å². The SMILES string of the molecule is CCOc1cc(C(CCN)N2C(=O)c3ccccc3C2=O)ccc1OC. The molecule has 0 saturated carbocycles. The molecule has 1 aliphatic heterocycles. The summed E-state index contributed by atoms with van der Waals surface area (Å²) in [6.45, 7) is 2.70. The maximum atomic E-state index is 12.8. The molecule has 0 aromatic heterocycles. The van der Waals surface area contributed by atoms with Crippen LogP contribution in [0.1, 0.15) is 45.7 Å². The Morgan fingerprint density at radius 1 is 1.04 bits per heavy atom. The van der Waals surface area contributed by atoms with E-state index in [2.05, 4.69) is 0 Å². The van der Waals surface area contributed by atoms with Crippen LogP contribution in [-0.2, 0) is 0 Å². The van der Waals surface area contributed by atoms with Crippen molar-refractivity contribution in [2.45, 2.75) is 19.4 Å². The van der Waals surface area contributed by atoms with E-state index in [1.807, 2.05) is 19.1 Å². The second-order valence-corrected chi connectivity index (χ2v) is 5.96. The van der Waals surface area contributed by atoms with Crippen LogP contribution in [0.5, 0.6) is 11.5 Å². The van der Waals surface area contributed by atoms with Crippen molar-refractivity contribution in [3.05, 3.63) is 59.2 Å². The lowest BCUT2D eigenvalue weighted by atomic mass is 10.0. The molecule has 1 aliphatic rings. The third-order valence-electron chi connectivity index (χ3n) is 4.45. The zero-order chi connectivity index (χ0) is 18.7. The van der Waals surface area contributed by atoms with E-state index in [0.717, 1.165) is 5.56 Å². The highest BCUT2D eigenvalue weighted by atomic mass is 16.5. The molecule has 2 aromatic rings. The van der Waals surface area contributed by atoms with Gasteiger partial charge in [-0.15, -0.1) is 0 Å². The van der Waals surface area contributed by atoms with Gasteiger partial charge in [-0.1, -0.05) is 18.2 Å². The van der Waals surface area contributed by atoms with Crippen molar-refractivity contribution < 1.29 is 19.1 Å². The zero-order valence-electron chi connectivity index (χ0n) is 14.9. The van der Waals surface area contributed by atoms with E-state index in [9.17, 15) is 9.59 Å². The number of rotatable bonds is 7. The highest BCUT2D eigenvalue weighted by Crippen LogP contribution is 2.37. The lowest BCUT2D eigenvalue weighted by molar-refractivity contribution is 0.0575. The number of imide groups is 1. The van der Waals surface area contributed by atoms with Crippen LogP contribution < -0.4 is 15.2 Å². The molecular formula is C20H22N2O4. The Bertz CT molecular complexity index is 799. The van der Waals surface area contributed by atoms with Crippen LogP contribution in [-0.4, -0.2) is 37.0 Å². The van der Waals surface area contributed by atoms with Gasteiger partial charge in [0.05, 0.1) is 30.9 Å². The summed E-state index contributed by atoms with van der Waals surface area (Å²) in [7, 11) is 1.57. The van der Waals surface area contributed by atoms with E-state index in [1.165, 1.54) is 4.90 Å². The second-order valence-electron chi connectivity index (χ2n) is 5.96. The first-order valence-electron chi connectivity index (χ1n) is 8.60. The zero-order valence-corrected chi connectivity index (χ0v) is 14.9. The fourth-order valence-electron chi connectivity index (χ4n) is 3.26. The van der Waals surface area contributed by atoms with E-state index in [0.29, 0.717) is 42.2 Å². The number of carbonyl (C=O) groups is 2. The van der Waals surface area contributed by atoms with Crippen LogP contribution in [0, 0.1) is 0 Å². The molecule has 6 heteroatoms. The third-order valence-corrected chi connectivity index (χ3v) is 4.45. The number of methoxy groups -OCH3 is 1. The van der Waals surface area contributed by atoms with E-state index < -0.39 is 6.04 Å². The Morgan fingerprint density at radius 2 is 1.69 bits per heavy atom. The molecule has 2 amide bonds. The van der Waals surface area contributed by atoms with Gasteiger partial charge in [-0.05, 0) is 49.7 Å². The molecule has 26 heavy (non-hydrogen) atoms. The fraction of sp³-hybridized carbons (Fsp3) is 0.300. The summed E-state index contributed by atoms with van der Waals surface area (Å²) in [5.74, 6) is 0.589. The summed E-state index contributed by atoms with van der Waals surface area (Å²) in [5, 5.41) is 0. The van der Waals surface area contributed by atoms with Crippen molar-refractivity contribution in [3.8, 4) is 11.5 Å². The number of nitrogens with two attached hydrogens (primary N) is 1. The number of nitrogens with zero attached hydrogens (tertiary/aromatic N) is 1. The van der Waals surface area contributed by atoms with Crippen molar-refractivity contribution in [1.82, 2.24) is 4.90 Å². The molecule has 2 aromatic carbocycles. The van der Waals surface area contributed by atoms with Gasteiger partial charge < -0.3 is 15.2 Å². The maximum Gasteiger partial charge on any atom is 0.262 e. The first-order valence-corrected chi connectivity index (χ1v) is 8.60. The summed E-state index contributed by atoms with van der Waals surface area (Å²) < 4.78 is 10.9. The Balaban J connectivity index is 2.02. The number of hydrogen-bond acceptors (Lipinski definition) is 5. The Kier molecular flexibility index (Phi) is 5.23. The Hall–Kier alpha value is -2.86. The van der Waals surface area contributed by atoms with Crippen molar-refractivity contribution in [2.24, 2.45) is 5.73 Å². The molecule has 0 spiro atoms.